The van der Waals surface area contributed by atoms with E-state index in [0.29, 0.717) is 15.6 Å². The third-order valence-corrected chi connectivity index (χ3v) is 3.12. The van der Waals surface area contributed by atoms with Gasteiger partial charge in [-0.15, -0.1) is 0 Å². The summed E-state index contributed by atoms with van der Waals surface area (Å²) in [6.07, 6.45) is 0. The molecule has 0 fully saturated rings. The van der Waals surface area contributed by atoms with Crippen LogP contribution in [-0.4, -0.2) is 0 Å². The standard InChI is InChI=1S/C14H12BrF2NO/c15-11-3-2-10(12(16)6-11)8-19-14-4-1-9(7-18)5-13(14)17/h1-6H,7-8,18H2. The molecule has 100 valence electrons. The molecule has 0 bridgehead atoms. The van der Waals surface area contributed by atoms with Crippen molar-refractivity contribution in [3.8, 4) is 5.75 Å². The highest BCUT2D eigenvalue weighted by Crippen LogP contribution is 2.21. The van der Waals surface area contributed by atoms with Gasteiger partial charge in [-0.1, -0.05) is 28.1 Å². The van der Waals surface area contributed by atoms with E-state index in [2.05, 4.69) is 15.9 Å². The molecule has 0 aliphatic rings. The Morgan fingerprint density at radius 1 is 1.05 bits per heavy atom. The minimum atomic E-state index is -0.500. The molecule has 0 saturated heterocycles. The number of halogens is 3. The lowest BCUT2D eigenvalue weighted by Crippen LogP contribution is -2.02. The summed E-state index contributed by atoms with van der Waals surface area (Å²) < 4.78 is 33.1. The molecule has 2 nitrogen and oxygen atoms in total. The molecule has 2 N–H and O–H groups in total. The number of ether oxygens (including phenoxy) is 1. The molecule has 0 amide bonds. The zero-order valence-corrected chi connectivity index (χ0v) is 11.6. The minimum Gasteiger partial charge on any atom is -0.486 e. The number of rotatable bonds is 4. The van der Waals surface area contributed by atoms with Crippen molar-refractivity contribution in [2.24, 2.45) is 5.73 Å². The second-order valence-electron chi connectivity index (χ2n) is 3.99. The molecule has 5 heteroatoms. The number of benzene rings is 2. The Balaban J connectivity index is 2.10. The molecule has 2 aromatic carbocycles. The average Bonchev–Trinajstić information content (AvgIpc) is 2.39. The van der Waals surface area contributed by atoms with Crippen molar-refractivity contribution < 1.29 is 13.5 Å². The molecule has 2 aromatic rings. The molecular weight excluding hydrogens is 316 g/mol. The Hall–Kier alpha value is -1.46. The van der Waals surface area contributed by atoms with Gasteiger partial charge in [0.05, 0.1) is 0 Å². The summed E-state index contributed by atoms with van der Waals surface area (Å²) in [6, 6.07) is 9.12. The van der Waals surface area contributed by atoms with Gasteiger partial charge in [0.1, 0.15) is 12.4 Å². The van der Waals surface area contributed by atoms with Gasteiger partial charge < -0.3 is 10.5 Å². The Labute approximate surface area is 118 Å². The topological polar surface area (TPSA) is 35.2 Å². The molecule has 0 aromatic heterocycles. The molecule has 19 heavy (non-hydrogen) atoms. The van der Waals surface area contributed by atoms with E-state index in [-0.39, 0.29) is 18.9 Å². The van der Waals surface area contributed by atoms with Crippen LogP contribution in [-0.2, 0) is 13.2 Å². The SMILES string of the molecule is NCc1ccc(OCc2ccc(Br)cc2F)c(F)c1. The minimum absolute atomic E-state index is 0.0298. The molecular formula is C14H12BrF2NO. The lowest BCUT2D eigenvalue weighted by molar-refractivity contribution is 0.284. The Morgan fingerprint density at radius 2 is 1.84 bits per heavy atom. The zero-order chi connectivity index (χ0) is 13.8. The second-order valence-corrected chi connectivity index (χ2v) is 4.91. The number of nitrogens with two attached hydrogens (primary N) is 1. The van der Waals surface area contributed by atoms with Crippen molar-refractivity contribution in [3.05, 3.63) is 63.6 Å². The van der Waals surface area contributed by atoms with E-state index < -0.39 is 11.6 Å². The molecule has 2 rings (SSSR count). The Morgan fingerprint density at radius 3 is 2.47 bits per heavy atom. The first-order valence-corrected chi connectivity index (χ1v) is 6.44. The van der Waals surface area contributed by atoms with Crippen LogP contribution in [0.2, 0.25) is 0 Å². The second kappa shape index (κ2) is 6.12. The van der Waals surface area contributed by atoms with Crippen LogP contribution in [0, 0.1) is 11.6 Å². The first-order chi connectivity index (χ1) is 9.10. The van der Waals surface area contributed by atoms with Crippen molar-refractivity contribution in [2.45, 2.75) is 13.2 Å². The van der Waals surface area contributed by atoms with Gasteiger partial charge in [-0.3, -0.25) is 0 Å². The highest BCUT2D eigenvalue weighted by molar-refractivity contribution is 9.10. The van der Waals surface area contributed by atoms with Crippen molar-refractivity contribution in [2.75, 3.05) is 0 Å². The smallest absolute Gasteiger partial charge is 0.165 e. The highest BCUT2D eigenvalue weighted by Gasteiger charge is 2.07. The summed E-state index contributed by atoms with van der Waals surface area (Å²) in [6.45, 7) is 0.233. The predicted octanol–water partition coefficient (Wildman–Crippen LogP) is 3.77. The van der Waals surface area contributed by atoms with Gasteiger partial charge in [0.15, 0.2) is 11.6 Å². The van der Waals surface area contributed by atoms with E-state index in [1.54, 1.807) is 18.2 Å². The van der Waals surface area contributed by atoms with Gasteiger partial charge >= 0.3 is 0 Å². The fourth-order valence-electron chi connectivity index (χ4n) is 1.58. The maximum absolute atomic E-state index is 13.6. The van der Waals surface area contributed by atoms with Crippen LogP contribution in [0.4, 0.5) is 8.78 Å². The van der Waals surface area contributed by atoms with E-state index in [4.69, 9.17) is 10.5 Å². The van der Waals surface area contributed by atoms with Crippen molar-refractivity contribution in [1.29, 1.82) is 0 Å². The Bertz CT molecular complexity index is 590. The van der Waals surface area contributed by atoms with E-state index >= 15 is 0 Å². The summed E-state index contributed by atoms with van der Waals surface area (Å²) in [5.74, 6) is -0.812. The lowest BCUT2D eigenvalue weighted by Gasteiger charge is -2.09. The molecule has 0 radical (unpaired) electrons. The summed E-state index contributed by atoms with van der Waals surface area (Å²) in [7, 11) is 0. The van der Waals surface area contributed by atoms with E-state index in [1.807, 2.05) is 0 Å². The fourth-order valence-corrected chi connectivity index (χ4v) is 1.92. The third kappa shape index (κ3) is 3.52. The quantitative estimate of drug-likeness (QED) is 0.927. The number of hydrogen-bond acceptors (Lipinski definition) is 2. The van der Waals surface area contributed by atoms with Gasteiger partial charge in [0.2, 0.25) is 0 Å². The van der Waals surface area contributed by atoms with E-state index in [1.165, 1.54) is 18.2 Å². The van der Waals surface area contributed by atoms with Gasteiger partial charge in [-0.05, 0) is 29.8 Å². The van der Waals surface area contributed by atoms with Gasteiger partial charge in [0, 0.05) is 16.6 Å². The monoisotopic (exact) mass is 327 g/mol. The highest BCUT2D eigenvalue weighted by atomic mass is 79.9. The predicted molar refractivity (Wildman–Crippen MR) is 72.7 cm³/mol. The van der Waals surface area contributed by atoms with Crippen LogP contribution in [0.5, 0.6) is 5.75 Å². The first-order valence-electron chi connectivity index (χ1n) is 5.65. The fraction of sp³-hybridized carbons (Fsp3) is 0.143. The molecule has 0 spiro atoms. The largest absolute Gasteiger partial charge is 0.486 e. The van der Waals surface area contributed by atoms with Crippen LogP contribution >= 0.6 is 15.9 Å². The molecule has 0 atom stereocenters. The van der Waals surface area contributed by atoms with E-state index in [0.717, 1.165) is 0 Å². The van der Waals surface area contributed by atoms with Gasteiger partial charge in [-0.2, -0.15) is 0 Å². The maximum atomic E-state index is 13.6. The van der Waals surface area contributed by atoms with Crippen LogP contribution in [0.1, 0.15) is 11.1 Å². The van der Waals surface area contributed by atoms with Gasteiger partial charge in [-0.25, -0.2) is 8.78 Å². The average molecular weight is 328 g/mol. The third-order valence-electron chi connectivity index (χ3n) is 2.63. The summed E-state index contributed by atoms with van der Waals surface area (Å²) in [5.41, 5.74) is 6.45. The first kappa shape index (κ1) is 14.0. The van der Waals surface area contributed by atoms with E-state index in [9.17, 15) is 8.78 Å². The molecule has 0 heterocycles. The van der Waals surface area contributed by atoms with Crippen molar-refractivity contribution >= 4 is 15.9 Å². The maximum Gasteiger partial charge on any atom is 0.165 e. The zero-order valence-electron chi connectivity index (χ0n) is 10.00. The van der Waals surface area contributed by atoms with Crippen LogP contribution < -0.4 is 10.5 Å². The van der Waals surface area contributed by atoms with Crippen LogP contribution in [0.25, 0.3) is 0 Å². The van der Waals surface area contributed by atoms with Crippen molar-refractivity contribution in [1.82, 2.24) is 0 Å². The van der Waals surface area contributed by atoms with Crippen LogP contribution in [0.3, 0.4) is 0 Å². The summed E-state index contributed by atoms with van der Waals surface area (Å²) in [5, 5.41) is 0. The summed E-state index contributed by atoms with van der Waals surface area (Å²) >= 11 is 3.17. The Kier molecular flexibility index (Phi) is 4.50. The normalized spacial score (nSPS) is 10.5. The van der Waals surface area contributed by atoms with Crippen LogP contribution in [0.15, 0.2) is 40.9 Å². The van der Waals surface area contributed by atoms with Gasteiger partial charge in [0.25, 0.3) is 0 Å². The molecule has 0 unspecified atom stereocenters. The lowest BCUT2D eigenvalue weighted by atomic mass is 10.2. The van der Waals surface area contributed by atoms with Crippen molar-refractivity contribution in [3.63, 3.8) is 0 Å². The number of hydrogen-bond donors (Lipinski definition) is 1. The molecule has 0 aliphatic carbocycles. The summed E-state index contributed by atoms with van der Waals surface area (Å²) in [4.78, 5) is 0. The molecule has 0 aliphatic heterocycles. The molecule has 0 saturated carbocycles.